The van der Waals surface area contributed by atoms with E-state index in [2.05, 4.69) is 15.9 Å². The summed E-state index contributed by atoms with van der Waals surface area (Å²) in [5.41, 5.74) is -0.192. The molecule has 2 aromatic carbocycles. The second kappa shape index (κ2) is 6.42. The van der Waals surface area contributed by atoms with Gasteiger partial charge in [-0.05, 0) is 41.1 Å². The number of benzene rings is 2. The zero-order valence-electron chi connectivity index (χ0n) is 11.1. The van der Waals surface area contributed by atoms with Crippen LogP contribution in [-0.4, -0.2) is 4.92 Å². The van der Waals surface area contributed by atoms with E-state index in [1.165, 1.54) is 19.1 Å². The molecule has 2 aromatic rings. The lowest BCUT2D eigenvalue weighted by atomic mass is 10.2. The third-order valence-corrected chi connectivity index (χ3v) is 5.21. The Labute approximate surface area is 137 Å². The Morgan fingerprint density at radius 2 is 2.00 bits per heavy atom. The van der Waals surface area contributed by atoms with Crippen LogP contribution in [0.15, 0.2) is 38.5 Å². The first-order valence-electron chi connectivity index (χ1n) is 5.85. The van der Waals surface area contributed by atoms with Crippen molar-refractivity contribution in [2.45, 2.75) is 16.7 Å². The maximum atomic E-state index is 14.1. The summed E-state index contributed by atoms with van der Waals surface area (Å²) in [5, 5.41) is 19.7. The van der Waals surface area contributed by atoms with Crippen LogP contribution >= 0.6 is 27.7 Å². The number of hydrogen-bond acceptors (Lipinski definition) is 4. The minimum absolute atomic E-state index is 0.138. The van der Waals surface area contributed by atoms with Gasteiger partial charge in [0.15, 0.2) is 0 Å². The average Bonchev–Trinajstić information content (AvgIpc) is 2.48. The van der Waals surface area contributed by atoms with Crippen LogP contribution in [0.5, 0.6) is 0 Å². The van der Waals surface area contributed by atoms with Gasteiger partial charge in [-0.15, -0.1) is 0 Å². The molecule has 0 N–H and O–H groups in total. The molecule has 0 aliphatic heterocycles. The van der Waals surface area contributed by atoms with E-state index in [4.69, 9.17) is 5.26 Å². The molecular weight excluding hydrogens is 378 g/mol. The van der Waals surface area contributed by atoms with Crippen LogP contribution in [0.25, 0.3) is 0 Å². The second-order valence-electron chi connectivity index (χ2n) is 4.26. The Kier molecular flexibility index (Phi) is 4.78. The molecule has 0 saturated carbocycles. The van der Waals surface area contributed by atoms with Crippen molar-refractivity contribution < 1.29 is 13.7 Å². The molecular formula is C14H7BrF2N2O2S. The smallest absolute Gasteiger partial charge is 0.258 e. The number of hydrogen-bond donors (Lipinski definition) is 0. The zero-order valence-corrected chi connectivity index (χ0v) is 13.5. The molecule has 0 amide bonds. The molecule has 0 heterocycles. The van der Waals surface area contributed by atoms with E-state index < -0.39 is 16.6 Å². The molecule has 0 aliphatic carbocycles. The van der Waals surface area contributed by atoms with E-state index in [-0.39, 0.29) is 26.2 Å². The highest BCUT2D eigenvalue weighted by Crippen LogP contribution is 2.40. The lowest BCUT2D eigenvalue weighted by Gasteiger charge is -2.09. The predicted molar refractivity (Wildman–Crippen MR) is 80.7 cm³/mol. The highest BCUT2D eigenvalue weighted by molar-refractivity contribution is 9.10. The number of halogens is 3. The molecule has 112 valence electrons. The normalized spacial score (nSPS) is 10.3. The number of nitrogens with zero attached hydrogens (tertiary/aromatic N) is 2. The average molecular weight is 385 g/mol. The second-order valence-corrected chi connectivity index (χ2v) is 6.14. The fourth-order valence-electron chi connectivity index (χ4n) is 1.74. The number of nitro groups is 1. The van der Waals surface area contributed by atoms with E-state index in [1.807, 2.05) is 0 Å². The van der Waals surface area contributed by atoms with Gasteiger partial charge in [-0.2, -0.15) is 5.26 Å². The Hall–Kier alpha value is -1.98. The minimum atomic E-state index is -0.767. The molecule has 2 rings (SSSR count). The van der Waals surface area contributed by atoms with Crippen LogP contribution in [0.3, 0.4) is 0 Å². The minimum Gasteiger partial charge on any atom is -0.258 e. The lowest BCUT2D eigenvalue weighted by Crippen LogP contribution is -1.96. The van der Waals surface area contributed by atoms with Crippen LogP contribution in [0.2, 0.25) is 0 Å². The van der Waals surface area contributed by atoms with Crippen molar-refractivity contribution in [3.63, 3.8) is 0 Å². The van der Waals surface area contributed by atoms with Gasteiger partial charge in [0.1, 0.15) is 17.7 Å². The largest absolute Gasteiger partial charge is 0.276 e. The highest BCUT2D eigenvalue weighted by Gasteiger charge is 2.21. The molecule has 0 fully saturated rings. The first-order valence-corrected chi connectivity index (χ1v) is 7.46. The summed E-state index contributed by atoms with van der Waals surface area (Å²) < 4.78 is 27.6. The summed E-state index contributed by atoms with van der Waals surface area (Å²) in [7, 11) is 0. The van der Waals surface area contributed by atoms with E-state index in [9.17, 15) is 18.9 Å². The zero-order chi connectivity index (χ0) is 16.4. The topological polar surface area (TPSA) is 66.9 Å². The molecule has 8 heteroatoms. The van der Waals surface area contributed by atoms with E-state index in [1.54, 1.807) is 6.07 Å². The van der Waals surface area contributed by atoms with Gasteiger partial charge in [-0.1, -0.05) is 11.8 Å². The van der Waals surface area contributed by atoms with Gasteiger partial charge in [0.25, 0.3) is 5.69 Å². The van der Waals surface area contributed by atoms with Gasteiger partial charge < -0.3 is 0 Å². The number of nitro benzene ring substituents is 1. The molecule has 0 unspecified atom stereocenters. The standard InChI is InChI=1S/C14H7BrF2N2O2S/c1-7-12(19(20)21)5-11(17)14(13(7)15)22-9-2-3-10(16)8(4-9)6-18/h2-5H,1H3. The first-order chi connectivity index (χ1) is 10.3. The van der Waals surface area contributed by atoms with Crippen LogP contribution < -0.4 is 0 Å². The Morgan fingerprint density at radius 1 is 1.32 bits per heavy atom. The van der Waals surface area contributed by atoms with Gasteiger partial charge in [-0.3, -0.25) is 10.1 Å². The molecule has 0 aromatic heterocycles. The van der Waals surface area contributed by atoms with Crippen molar-refractivity contribution >= 4 is 33.4 Å². The van der Waals surface area contributed by atoms with Crippen LogP contribution in [-0.2, 0) is 0 Å². The van der Waals surface area contributed by atoms with Crippen molar-refractivity contribution in [1.29, 1.82) is 5.26 Å². The van der Waals surface area contributed by atoms with Crippen molar-refractivity contribution in [3.05, 3.63) is 61.6 Å². The van der Waals surface area contributed by atoms with Crippen LogP contribution in [0.1, 0.15) is 11.1 Å². The molecule has 0 aliphatic rings. The molecule has 22 heavy (non-hydrogen) atoms. The third kappa shape index (κ3) is 3.10. The summed E-state index contributed by atoms with van der Waals surface area (Å²) in [5.74, 6) is -1.43. The number of nitriles is 1. The lowest BCUT2D eigenvalue weighted by molar-refractivity contribution is -0.385. The number of rotatable bonds is 3. The maximum Gasteiger partial charge on any atom is 0.276 e. The molecule has 0 atom stereocenters. The summed E-state index contributed by atoms with van der Waals surface area (Å²) in [4.78, 5) is 10.8. The third-order valence-electron chi connectivity index (χ3n) is 2.87. The van der Waals surface area contributed by atoms with Crippen molar-refractivity contribution in [3.8, 4) is 6.07 Å². The fourth-order valence-corrected chi connectivity index (χ4v) is 3.32. The summed E-state index contributed by atoms with van der Waals surface area (Å²) in [6, 6.07) is 6.36. The van der Waals surface area contributed by atoms with Gasteiger partial charge in [-0.25, -0.2) is 8.78 Å². The van der Waals surface area contributed by atoms with Gasteiger partial charge in [0, 0.05) is 14.9 Å². The molecule has 0 saturated heterocycles. The van der Waals surface area contributed by atoms with Gasteiger partial charge in [0.05, 0.1) is 21.4 Å². The van der Waals surface area contributed by atoms with E-state index >= 15 is 0 Å². The Morgan fingerprint density at radius 3 is 2.59 bits per heavy atom. The van der Waals surface area contributed by atoms with E-state index in [0.29, 0.717) is 4.90 Å². The fraction of sp³-hybridized carbons (Fsp3) is 0.0714. The Bertz CT molecular complexity index is 821. The van der Waals surface area contributed by atoms with E-state index in [0.717, 1.165) is 23.9 Å². The summed E-state index contributed by atoms with van der Waals surface area (Å²) >= 11 is 4.10. The summed E-state index contributed by atoms with van der Waals surface area (Å²) in [6.45, 7) is 1.50. The Balaban J connectivity index is 2.49. The SMILES string of the molecule is Cc1c([N+](=O)[O-])cc(F)c(Sc2ccc(F)c(C#N)c2)c1Br. The van der Waals surface area contributed by atoms with Crippen molar-refractivity contribution in [2.24, 2.45) is 0 Å². The van der Waals surface area contributed by atoms with Crippen LogP contribution in [0.4, 0.5) is 14.5 Å². The first kappa shape index (κ1) is 16.4. The van der Waals surface area contributed by atoms with Crippen molar-refractivity contribution in [1.82, 2.24) is 0 Å². The van der Waals surface area contributed by atoms with Crippen LogP contribution in [0, 0.1) is 40.0 Å². The summed E-state index contributed by atoms with van der Waals surface area (Å²) in [6.07, 6.45) is 0. The van der Waals surface area contributed by atoms with Gasteiger partial charge >= 0.3 is 0 Å². The molecule has 0 radical (unpaired) electrons. The highest BCUT2D eigenvalue weighted by atomic mass is 79.9. The monoisotopic (exact) mass is 384 g/mol. The van der Waals surface area contributed by atoms with Gasteiger partial charge in [0.2, 0.25) is 0 Å². The predicted octanol–water partition coefficient (Wildman–Crippen LogP) is 4.97. The molecule has 0 bridgehead atoms. The maximum absolute atomic E-state index is 14.1. The quantitative estimate of drug-likeness (QED) is 0.553. The molecule has 4 nitrogen and oxygen atoms in total. The molecule has 0 spiro atoms. The van der Waals surface area contributed by atoms with Crippen molar-refractivity contribution in [2.75, 3.05) is 0 Å².